The number of carbonyl (C=O) groups excluding carboxylic acids is 2. The number of amides is 1. The summed E-state index contributed by atoms with van der Waals surface area (Å²) < 4.78 is 18.7. The molecule has 6 nitrogen and oxygen atoms in total. The zero-order valence-electron chi connectivity index (χ0n) is 15.4. The fraction of sp³-hybridized carbons (Fsp3) is 0.350. The molecule has 0 aliphatic carbocycles. The summed E-state index contributed by atoms with van der Waals surface area (Å²) in [6.07, 6.45) is 1.50. The number of aromatic nitrogens is 1. The van der Waals surface area contributed by atoms with Crippen molar-refractivity contribution in [2.24, 2.45) is 0 Å². The number of esters is 1. The lowest BCUT2D eigenvalue weighted by Crippen LogP contribution is -2.49. The van der Waals surface area contributed by atoms with Gasteiger partial charge in [-0.3, -0.25) is 4.79 Å². The number of benzene rings is 1. The summed E-state index contributed by atoms with van der Waals surface area (Å²) in [6, 6.07) is 8.03. The molecule has 142 valence electrons. The predicted molar refractivity (Wildman–Crippen MR) is 99.4 cm³/mol. The van der Waals surface area contributed by atoms with E-state index in [1.54, 1.807) is 43.0 Å². The van der Waals surface area contributed by atoms with Gasteiger partial charge in [-0.15, -0.1) is 0 Å². The van der Waals surface area contributed by atoms with Crippen molar-refractivity contribution in [1.29, 1.82) is 0 Å². The first kappa shape index (κ1) is 18.8. The number of carbonyl (C=O) groups is 2. The van der Waals surface area contributed by atoms with Crippen molar-refractivity contribution in [2.75, 3.05) is 37.7 Å². The predicted octanol–water partition coefficient (Wildman–Crippen LogP) is 2.67. The number of pyridine rings is 1. The number of piperazine rings is 1. The molecule has 3 rings (SSSR count). The van der Waals surface area contributed by atoms with Gasteiger partial charge < -0.3 is 14.5 Å². The van der Waals surface area contributed by atoms with Crippen molar-refractivity contribution in [3.63, 3.8) is 0 Å². The number of halogens is 1. The molecule has 2 aromatic rings. The molecule has 27 heavy (non-hydrogen) atoms. The standard InChI is InChI=1S/C20H22FN3O3/c1-3-27-20(26)16-6-7-18(22-13-16)23-8-10-24(11-9-23)19(25)15-5-4-14(2)17(21)12-15/h4-7,12-13H,3,8-11H2,1-2H3. The van der Waals surface area contributed by atoms with Gasteiger partial charge >= 0.3 is 5.97 Å². The molecule has 7 heteroatoms. The highest BCUT2D eigenvalue weighted by Gasteiger charge is 2.23. The Morgan fingerprint density at radius 3 is 2.41 bits per heavy atom. The van der Waals surface area contributed by atoms with Gasteiger partial charge in [0.05, 0.1) is 12.2 Å². The largest absolute Gasteiger partial charge is 0.462 e. The maximum Gasteiger partial charge on any atom is 0.339 e. The minimum absolute atomic E-state index is 0.167. The number of hydrogen-bond acceptors (Lipinski definition) is 5. The van der Waals surface area contributed by atoms with E-state index in [2.05, 4.69) is 9.88 Å². The fourth-order valence-corrected chi connectivity index (χ4v) is 2.96. The molecule has 0 spiro atoms. The van der Waals surface area contributed by atoms with Gasteiger partial charge in [-0.05, 0) is 43.7 Å². The Morgan fingerprint density at radius 2 is 1.81 bits per heavy atom. The maximum atomic E-state index is 13.7. The highest BCUT2D eigenvalue weighted by molar-refractivity contribution is 5.94. The van der Waals surface area contributed by atoms with Crippen LogP contribution in [0, 0.1) is 12.7 Å². The van der Waals surface area contributed by atoms with E-state index in [1.165, 1.54) is 12.3 Å². The van der Waals surface area contributed by atoms with Crippen LogP contribution in [0.4, 0.5) is 10.2 Å². The average Bonchev–Trinajstić information content (AvgIpc) is 2.70. The second kappa shape index (κ2) is 8.16. The van der Waals surface area contributed by atoms with Gasteiger partial charge in [-0.1, -0.05) is 6.07 Å². The molecule has 1 saturated heterocycles. The topological polar surface area (TPSA) is 62.7 Å². The van der Waals surface area contributed by atoms with Crippen LogP contribution in [0.2, 0.25) is 0 Å². The van der Waals surface area contributed by atoms with Crippen LogP contribution in [0.3, 0.4) is 0 Å². The Bertz CT molecular complexity index is 831. The fourth-order valence-electron chi connectivity index (χ4n) is 2.96. The molecule has 0 unspecified atom stereocenters. The quantitative estimate of drug-likeness (QED) is 0.774. The van der Waals surface area contributed by atoms with Crippen molar-refractivity contribution in [2.45, 2.75) is 13.8 Å². The molecular formula is C20H22FN3O3. The van der Waals surface area contributed by atoms with Crippen molar-refractivity contribution >= 4 is 17.7 Å². The van der Waals surface area contributed by atoms with Gasteiger partial charge in [0.2, 0.25) is 0 Å². The molecule has 1 amide bonds. The molecule has 1 aliphatic heterocycles. The molecule has 1 fully saturated rings. The highest BCUT2D eigenvalue weighted by atomic mass is 19.1. The van der Waals surface area contributed by atoms with Crippen LogP contribution >= 0.6 is 0 Å². The van der Waals surface area contributed by atoms with E-state index < -0.39 is 5.97 Å². The summed E-state index contributed by atoms with van der Waals surface area (Å²) in [4.78, 5) is 32.3. The second-order valence-electron chi connectivity index (χ2n) is 6.37. The van der Waals surface area contributed by atoms with Gasteiger partial charge in [0, 0.05) is 37.9 Å². The van der Waals surface area contributed by atoms with Crippen LogP contribution in [-0.4, -0.2) is 54.5 Å². The van der Waals surface area contributed by atoms with Crippen molar-refractivity contribution in [1.82, 2.24) is 9.88 Å². The maximum absolute atomic E-state index is 13.7. The van der Waals surface area contributed by atoms with E-state index in [0.29, 0.717) is 49.5 Å². The summed E-state index contributed by atoms with van der Waals surface area (Å²) in [6.45, 7) is 6.03. The van der Waals surface area contributed by atoms with Crippen LogP contribution in [0.1, 0.15) is 33.2 Å². The lowest BCUT2D eigenvalue weighted by atomic mass is 10.1. The van der Waals surface area contributed by atoms with Crippen LogP contribution in [-0.2, 0) is 4.74 Å². The van der Waals surface area contributed by atoms with Crippen molar-refractivity contribution in [3.8, 4) is 0 Å². The van der Waals surface area contributed by atoms with E-state index in [9.17, 15) is 14.0 Å². The Morgan fingerprint density at radius 1 is 1.11 bits per heavy atom. The normalized spacial score (nSPS) is 14.2. The van der Waals surface area contributed by atoms with E-state index in [-0.39, 0.29) is 11.7 Å². The Labute approximate surface area is 157 Å². The number of anilines is 1. The number of rotatable bonds is 4. The van der Waals surface area contributed by atoms with Gasteiger partial charge in [-0.2, -0.15) is 0 Å². The van der Waals surface area contributed by atoms with Gasteiger partial charge in [0.15, 0.2) is 0 Å². The van der Waals surface area contributed by atoms with Gasteiger partial charge in [0.1, 0.15) is 11.6 Å². The molecule has 1 aliphatic rings. The molecule has 1 aromatic heterocycles. The third-order valence-corrected chi connectivity index (χ3v) is 4.57. The monoisotopic (exact) mass is 371 g/mol. The first-order valence-electron chi connectivity index (χ1n) is 8.93. The lowest BCUT2D eigenvalue weighted by molar-refractivity contribution is 0.0525. The van der Waals surface area contributed by atoms with Crippen LogP contribution < -0.4 is 4.90 Å². The van der Waals surface area contributed by atoms with Gasteiger partial charge in [0.25, 0.3) is 5.91 Å². The first-order chi connectivity index (χ1) is 13.0. The third kappa shape index (κ3) is 4.24. The second-order valence-corrected chi connectivity index (χ2v) is 6.37. The van der Waals surface area contributed by atoms with E-state index in [1.807, 2.05) is 0 Å². The average molecular weight is 371 g/mol. The third-order valence-electron chi connectivity index (χ3n) is 4.57. The smallest absolute Gasteiger partial charge is 0.339 e. The summed E-state index contributed by atoms with van der Waals surface area (Å²) >= 11 is 0. The molecule has 0 bridgehead atoms. The van der Waals surface area contributed by atoms with E-state index >= 15 is 0 Å². The molecule has 1 aromatic carbocycles. The van der Waals surface area contributed by atoms with Crippen LogP contribution in [0.15, 0.2) is 36.5 Å². The summed E-state index contributed by atoms with van der Waals surface area (Å²) in [7, 11) is 0. The number of hydrogen-bond donors (Lipinski definition) is 0. The molecule has 0 saturated carbocycles. The minimum Gasteiger partial charge on any atom is -0.462 e. The number of ether oxygens (including phenoxy) is 1. The van der Waals surface area contributed by atoms with Crippen molar-refractivity contribution in [3.05, 3.63) is 59.0 Å². The number of aryl methyl sites for hydroxylation is 1. The van der Waals surface area contributed by atoms with Crippen LogP contribution in [0.25, 0.3) is 0 Å². The van der Waals surface area contributed by atoms with Crippen molar-refractivity contribution < 1.29 is 18.7 Å². The first-order valence-corrected chi connectivity index (χ1v) is 8.93. The molecular weight excluding hydrogens is 349 g/mol. The molecule has 2 heterocycles. The molecule has 0 radical (unpaired) electrons. The summed E-state index contributed by atoms with van der Waals surface area (Å²) in [5.41, 5.74) is 1.30. The van der Waals surface area contributed by atoms with E-state index in [4.69, 9.17) is 4.74 Å². The Hall–Kier alpha value is -2.96. The number of nitrogens with zero attached hydrogens (tertiary/aromatic N) is 3. The van der Waals surface area contributed by atoms with Gasteiger partial charge in [-0.25, -0.2) is 14.2 Å². The minimum atomic E-state index is -0.391. The lowest BCUT2D eigenvalue weighted by Gasteiger charge is -2.35. The summed E-state index contributed by atoms with van der Waals surface area (Å²) in [5.74, 6) is -0.182. The zero-order valence-corrected chi connectivity index (χ0v) is 15.4. The highest BCUT2D eigenvalue weighted by Crippen LogP contribution is 2.17. The zero-order chi connectivity index (χ0) is 19.4. The molecule has 0 N–H and O–H groups in total. The molecule has 0 atom stereocenters. The summed E-state index contributed by atoms with van der Waals surface area (Å²) in [5, 5.41) is 0. The SMILES string of the molecule is CCOC(=O)c1ccc(N2CCN(C(=O)c3ccc(C)c(F)c3)CC2)nc1. The Balaban J connectivity index is 1.60. The van der Waals surface area contributed by atoms with Crippen LogP contribution in [0.5, 0.6) is 0 Å². The Kier molecular flexibility index (Phi) is 5.69. The van der Waals surface area contributed by atoms with E-state index in [0.717, 1.165) is 5.82 Å².